The molecule has 0 aliphatic heterocycles. The topological polar surface area (TPSA) is 100 Å². The highest BCUT2D eigenvalue weighted by Crippen LogP contribution is 2.30. The molecule has 1 aromatic heterocycles. The van der Waals surface area contributed by atoms with Crippen molar-refractivity contribution in [1.29, 1.82) is 0 Å². The van der Waals surface area contributed by atoms with Crippen LogP contribution in [0.1, 0.15) is 5.56 Å². The number of nitrogens with one attached hydrogen (secondary N) is 1. The maximum Gasteiger partial charge on any atom is 0.248 e. The minimum Gasteiger partial charge on any atom is -0.493 e. The number of rotatable bonds is 9. The summed E-state index contributed by atoms with van der Waals surface area (Å²) < 4.78 is 16.3. The molecule has 1 N–H and O–H groups in total. The molecule has 33 heavy (non-hydrogen) atoms. The molecule has 0 saturated heterocycles. The highest BCUT2D eigenvalue weighted by atomic mass is 16.5. The molecule has 168 valence electrons. The summed E-state index contributed by atoms with van der Waals surface area (Å²) in [5, 5.41) is 15.1. The van der Waals surface area contributed by atoms with Crippen molar-refractivity contribution in [3.63, 3.8) is 0 Å². The number of hydrogen-bond donors (Lipinski definition) is 1. The average Bonchev–Trinajstić information content (AvgIpc) is 3.32. The molecule has 1 amide bonds. The number of nitrogens with zero attached hydrogens (tertiary/aromatic N) is 4. The van der Waals surface area contributed by atoms with Gasteiger partial charge in [0.25, 0.3) is 0 Å². The normalized spacial score (nSPS) is 10.5. The summed E-state index contributed by atoms with van der Waals surface area (Å²) in [6.07, 6.45) is 0. The van der Waals surface area contributed by atoms with Gasteiger partial charge in [-0.2, -0.15) is 4.80 Å². The largest absolute Gasteiger partial charge is 0.493 e. The lowest BCUT2D eigenvalue weighted by Crippen LogP contribution is -2.20. The first-order valence-corrected chi connectivity index (χ1v) is 10.2. The lowest BCUT2D eigenvalue weighted by molar-refractivity contribution is -0.117. The van der Waals surface area contributed by atoms with E-state index in [4.69, 9.17) is 14.2 Å². The predicted octanol–water partition coefficient (Wildman–Crippen LogP) is 3.58. The Balaban J connectivity index is 1.32. The molecule has 4 rings (SSSR count). The number of anilines is 1. The van der Waals surface area contributed by atoms with Crippen molar-refractivity contribution in [3.05, 3.63) is 78.4 Å². The van der Waals surface area contributed by atoms with Gasteiger partial charge in [0.15, 0.2) is 11.5 Å². The monoisotopic (exact) mass is 445 g/mol. The van der Waals surface area contributed by atoms with Crippen LogP contribution in [0.25, 0.3) is 11.4 Å². The first-order valence-electron chi connectivity index (χ1n) is 10.2. The average molecular weight is 445 g/mol. The van der Waals surface area contributed by atoms with E-state index in [2.05, 4.69) is 20.7 Å². The van der Waals surface area contributed by atoms with Crippen LogP contribution in [0.4, 0.5) is 5.69 Å². The predicted molar refractivity (Wildman–Crippen MR) is 122 cm³/mol. The zero-order valence-electron chi connectivity index (χ0n) is 18.3. The number of tetrazole rings is 1. The van der Waals surface area contributed by atoms with Crippen LogP contribution < -0.4 is 19.5 Å². The highest BCUT2D eigenvalue weighted by molar-refractivity contribution is 5.90. The van der Waals surface area contributed by atoms with E-state index < -0.39 is 0 Å². The van der Waals surface area contributed by atoms with Crippen molar-refractivity contribution in [2.45, 2.75) is 13.2 Å². The van der Waals surface area contributed by atoms with E-state index in [0.29, 0.717) is 40.9 Å². The molecule has 3 aromatic carbocycles. The molecule has 0 saturated carbocycles. The van der Waals surface area contributed by atoms with E-state index in [1.165, 1.54) is 4.80 Å². The Morgan fingerprint density at radius 3 is 2.42 bits per heavy atom. The maximum atomic E-state index is 12.4. The van der Waals surface area contributed by atoms with Gasteiger partial charge in [0.1, 0.15) is 18.9 Å². The van der Waals surface area contributed by atoms with Crippen LogP contribution in [0.2, 0.25) is 0 Å². The molecule has 1 heterocycles. The number of carbonyl (C=O) groups excluding carboxylic acids is 1. The summed E-state index contributed by atoms with van der Waals surface area (Å²) in [5.74, 6) is 1.98. The lowest BCUT2D eigenvalue weighted by Gasteiger charge is -2.08. The Morgan fingerprint density at radius 1 is 0.939 bits per heavy atom. The molecule has 0 fully saturated rings. The number of aromatic nitrogens is 4. The Labute approximate surface area is 190 Å². The third-order valence-corrected chi connectivity index (χ3v) is 4.77. The highest BCUT2D eigenvalue weighted by Gasteiger charge is 2.12. The Bertz CT molecular complexity index is 1210. The lowest BCUT2D eigenvalue weighted by atomic mass is 10.2. The van der Waals surface area contributed by atoms with Crippen LogP contribution in [-0.2, 0) is 17.9 Å². The SMILES string of the molecule is COc1ccc(-c2nnn(CC(=O)Nc3ccc(OCc4ccccc4)cc3)n2)cc1OC. The molecule has 4 aromatic rings. The van der Waals surface area contributed by atoms with Crippen LogP contribution in [0.3, 0.4) is 0 Å². The molecule has 0 atom stereocenters. The van der Waals surface area contributed by atoms with Crippen LogP contribution in [0.15, 0.2) is 72.8 Å². The van der Waals surface area contributed by atoms with Crippen LogP contribution in [0.5, 0.6) is 17.2 Å². The van der Waals surface area contributed by atoms with Gasteiger partial charge in [0.2, 0.25) is 11.7 Å². The summed E-state index contributed by atoms with van der Waals surface area (Å²) in [6.45, 7) is 0.402. The number of carbonyl (C=O) groups is 1. The first kappa shape index (κ1) is 21.8. The number of benzene rings is 3. The van der Waals surface area contributed by atoms with Gasteiger partial charge in [-0.1, -0.05) is 30.3 Å². The second-order valence-electron chi connectivity index (χ2n) is 7.06. The minimum absolute atomic E-state index is 0.0768. The molecular formula is C24H23N5O4. The van der Waals surface area contributed by atoms with Crippen LogP contribution >= 0.6 is 0 Å². The van der Waals surface area contributed by atoms with Gasteiger partial charge in [-0.15, -0.1) is 10.2 Å². The second-order valence-corrected chi connectivity index (χ2v) is 7.06. The van der Waals surface area contributed by atoms with Crippen LogP contribution in [0, 0.1) is 0 Å². The van der Waals surface area contributed by atoms with E-state index in [-0.39, 0.29) is 12.5 Å². The summed E-state index contributed by atoms with van der Waals surface area (Å²) in [6, 6.07) is 22.4. The van der Waals surface area contributed by atoms with Crippen molar-refractivity contribution in [2.24, 2.45) is 0 Å². The quantitative estimate of drug-likeness (QED) is 0.420. The van der Waals surface area contributed by atoms with Crippen molar-refractivity contribution in [3.8, 4) is 28.6 Å². The third kappa shape index (κ3) is 5.65. The van der Waals surface area contributed by atoms with E-state index >= 15 is 0 Å². The summed E-state index contributed by atoms with van der Waals surface area (Å²) in [5.41, 5.74) is 2.43. The molecule has 0 unspecified atom stereocenters. The standard InChI is InChI=1S/C24H23N5O4/c1-31-21-13-8-18(14-22(21)32-2)24-26-28-29(27-24)15-23(30)25-19-9-11-20(12-10-19)33-16-17-6-4-3-5-7-17/h3-14H,15-16H2,1-2H3,(H,25,30). The van der Waals surface area contributed by atoms with Gasteiger partial charge in [0.05, 0.1) is 14.2 Å². The Hall–Kier alpha value is -4.40. The molecule has 0 radical (unpaired) electrons. The fourth-order valence-electron chi connectivity index (χ4n) is 3.11. The number of amides is 1. The van der Waals surface area contributed by atoms with Crippen molar-refractivity contribution >= 4 is 11.6 Å². The van der Waals surface area contributed by atoms with Crippen molar-refractivity contribution in [1.82, 2.24) is 20.2 Å². The van der Waals surface area contributed by atoms with Crippen molar-refractivity contribution in [2.75, 3.05) is 19.5 Å². The Morgan fingerprint density at radius 2 is 1.70 bits per heavy atom. The van der Waals surface area contributed by atoms with Gasteiger partial charge in [-0.25, -0.2) is 0 Å². The molecule has 0 aliphatic carbocycles. The number of hydrogen-bond acceptors (Lipinski definition) is 7. The molecule has 9 nitrogen and oxygen atoms in total. The summed E-state index contributed by atoms with van der Waals surface area (Å²) in [4.78, 5) is 13.6. The van der Waals surface area contributed by atoms with Crippen molar-refractivity contribution < 1.29 is 19.0 Å². The zero-order chi connectivity index (χ0) is 23.0. The van der Waals surface area contributed by atoms with Gasteiger partial charge in [0, 0.05) is 11.3 Å². The fraction of sp³-hybridized carbons (Fsp3) is 0.167. The van der Waals surface area contributed by atoms with Gasteiger partial charge >= 0.3 is 0 Å². The molecular weight excluding hydrogens is 422 g/mol. The van der Waals surface area contributed by atoms with E-state index in [0.717, 1.165) is 5.56 Å². The van der Waals surface area contributed by atoms with E-state index in [9.17, 15) is 4.79 Å². The zero-order valence-corrected chi connectivity index (χ0v) is 18.3. The third-order valence-electron chi connectivity index (χ3n) is 4.77. The summed E-state index contributed by atoms with van der Waals surface area (Å²) >= 11 is 0. The summed E-state index contributed by atoms with van der Waals surface area (Å²) in [7, 11) is 3.12. The number of ether oxygens (including phenoxy) is 3. The molecule has 0 spiro atoms. The number of methoxy groups -OCH3 is 2. The van der Waals surface area contributed by atoms with Gasteiger partial charge in [-0.05, 0) is 53.2 Å². The van der Waals surface area contributed by atoms with E-state index in [1.807, 2.05) is 30.3 Å². The van der Waals surface area contributed by atoms with Gasteiger partial charge < -0.3 is 19.5 Å². The fourth-order valence-corrected chi connectivity index (χ4v) is 3.11. The van der Waals surface area contributed by atoms with Crippen LogP contribution in [-0.4, -0.2) is 40.3 Å². The van der Waals surface area contributed by atoms with E-state index in [1.54, 1.807) is 56.7 Å². The smallest absolute Gasteiger partial charge is 0.248 e. The molecule has 9 heteroatoms. The Kier molecular flexibility index (Phi) is 6.79. The second kappa shape index (κ2) is 10.3. The molecule has 0 bridgehead atoms. The first-order chi connectivity index (χ1) is 16.1. The van der Waals surface area contributed by atoms with Gasteiger partial charge in [-0.3, -0.25) is 4.79 Å². The minimum atomic E-state index is -0.274. The molecule has 0 aliphatic rings. The maximum absolute atomic E-state index is 12.4.